The van der Waals surface area contributed by atoms with Crippen LogP contribution in [-0.4, -0.2) is 20.8 Å². The molecule has 1 atom stereocenters. The highest BCUT2D eigenvalue weighted by Gasteiger charge is 2.28. The second kappa shape index (κ2) is 6.10. The molecule has 0 heterocycles. The molecule has 0 fully saturated rings. The highest BCUT2D eigenvalue weighted by Crippen LogP contribution is 2.38. The van der Waals surface area contributed by atoms with Gasteiger partial charge in [-0.25, -0.2) is 0 Å². The largest absolute Gasteiger partial charge is 0.496 e. The summed E-state index contributed by atoms with van der Waals surface area (Å²) in [5.74, 6) is 1.79. The summed E-state index contributed by atoms with van der Waals surface area (Å²) in [6.07, 6.45) is 2.12. The maximum Gasteiger partial charge on any atom is 0.123 e. The van der Waals surface area contributed by atoms with E-state index >= 15 is 0 Å². The van der Waals surface area contributed by atoms with Gasteiger partial charge >= 0.3 is 0 Å². The molecule has 3 heteroatoms. The summed E-state index contributed by atoms with van der Waals surface area (Å²) in [7, 11) is 3.39. The van der Waals surface area contributed by atoms with E-state index in [4.69, 9.17) is 15.2 Å². The predicted molar refractivity (Wildman–Crippen MR) is 75.6 cm³/mol. The Labute approximate surface area is 110 Å². The topological polar surface area (TPSA) is 44.5 Å². The Kier molecular flexibility index (Phi) is 5.03. The van der Waals surface area contributed by atoms with Crippen molar-refractivity contribution in [3.05, 3.63) is 23.3 Å². The zero-order valence-corrected chi connectivity index (χ0v) is 12.2. The van der Waals surface area contributed by atoms with Crippen LogP contribution in [0, 0.1) is 6.92 Å². The third kappa shape index (κ3) is 2.78. The Morgan fingerprint density at radius 3 is 2.22 bits per heavy atom. The molecule has 1 aromatic carbocycles. The molecule has 3 nitrogen and oxygen atoms in total. The summed E-state index contributed by atoms with van der Waals surface area (Å²) >= 11 is 0. The minimum atomic E-state index is -0.0684. The highest BCUT2D eigenvalue weighted by molar-refractivity contribution is 5.49. The number of nitrogens with two attached hydrogens (primary N) is 1. The van der Waals surface area contributed by atoms with Crippen molar-refractivity contribution in [3.8, 4) is 11.5 Å². The Morgan fingerprint density at radius 1 is 1.17 bits per heavy atom. The number of rotatable bonds is 6. The van der Waals surface area contributed by atoms with Crippen LogP contribution in [0.1, 0.15) is 37.8 Å². The SMILES string of the molecule is CCCC(C)(CN)c1cc(OC)c(C)cc1OC. The molecule has 1 rings (SSSR count). The van der Waals surface area contributed by atoms with E-state index in [9.17, 15) is 0 Å². The molecule has 0 aliphatic heterocycles. The van der Waals surface area contributed by atoms with Gasteiger partial charge in [-0.15, -0.1) is 0 Å². The summed E-state index contributed by atoms with van der Waals surface area (Å²) < 4.78 is 10.9. The fourth-order valence-corrected chi connectivity index (χ4v) is 2.42. The zero-order chi connectivity index (χ0) is 13.8. The van der Waals surface area contributed by atoms with Gasteiger partial charge in [-0.1, -0.05) is 20.3 Å². The van der Waals surface area contributed by atoms with Gasteiger partial charge in [0.2, 0.25) is 0 Å². The van der Waals surface area contributed by atoms with Crippen molar-refractivity contribution in [3.63, 3.8) is 0 Å². The van der Waals surface area contributed by atoms with Crippen molar-refractivity contribution in [2.45, 2.75) is 39.0 Å². The van der Waals surface area contributed by atoms with Crippen molar-refractivity contribution in [1.82, 2.24) is 0 Å². The summed E-state index contributed by atoms with van der Waals surface area (Å²) in [5, 5.41) is 0. The fourth-order valence-electron chi connectivity index (χ4n) is 2.42. The van der Waals surface area contributed by atoms with Crippen LogP contribution in [0.15, 0.2) is 12.1 Å². The lowest BCUT2D eigenvalue weighted by atomic mass is 9.78. The van der Waals surface area contributed by atoms with Gasteiger partial charge in [-0.3, -0.25) is 0 Å². The van der Waals surface area contributed by atoms with E-state index in [1.165, 1.54) is 0 Å². The Balaban J connectivity index is 3.35. The molecule has 0 saturated carbocycles. The number of ether oxygens (including phenoxy) is 2. The number of methoxy groups -OCH3 is 2. The first-order valence-electron chi connectivity index (χ1n) is 6.45. The lowest BCUT2D eigenvalue weighted by molar-refractivity contribution is 0.366. The molecule has 0 spiro atoms. The molecule has 18 heavy (non-hydrogen) atoms. The van der Waals surface area contributed by atoms with Gasteiger partial charge in [0, 0.05) is 17.5 Å². The molecule has 0 radical (unpaired) electrons. The van der Waals surface area contributed by atoms with E-state index in [2.05, 4.69) is 19.9 Å². The summed E-state index contributed by atoms with van der Waals surface area (Å²) in [6.45, 7) is 6.98. The summed E-state index contributed by atoms with van der Waals surface area (Å²) in [5.41, 5.74) is 8.13. The molecule has 0 aliphatic rings. The van der Waals surface area contributed by atoms with Crippen molar-refractivity contribution >= 4 is 0 Å². The van der Waals surface area contributed by atoms with Crippen molar-refractivity contribution < 1.29 is 9.47 Å². The van der Waals surface area contributed by atoms with Crippen molar-refractivity contribution in [2.24, 2.45) is 5.73 Å². The van der Waals surface area contributed by atoms with E-state index in [0.717, 1.165) is 35.5 Å². The number of aryl methyl sites for hydroxylation is 1. The number of hydrogen-bond donors (Lipinski definition) is 1. The van der Waals surface area contributed by atoms with Gasteiger partial charge in [0.25, 0.3) is 0 Å². The molecule has 0 saturated heterocycles. The normalized spacial score (nSPS) is 14.1. The monoisotopic (exact) mass is 251 g/mol. The smallest absolute Gasteiger partial charge is 0.123 e. The maximum atomic E-state index is 5.98. The van der Waals surface area contributed by atoms with E-state index in [0.29, 0.717) is 6.54 Å². The molecule has 2 N–H and O–H groups in total. The molecule has 102 valence electrons. The number of benzene rings is 1. The van der Waals surface area contributed by atoms with Crippen LogP contribution in [-0.2, 0) is 5.41 Å². The quantitative estimate of drug-likeness (QED) is 0.845. The molecule has 0 amide bonds. The van der Waals surface area contributed by atoms with E-state index in [1.807, 2.05) is 13.0 Å². The van der Waals surface area contributed by atoms with Gasteiger partial charge in [-0.2, -0.15) is 0 Å². The predicted octanol–water partition coefficient (Wildman–Crippen LogP) is 3.03. The molecule has 0 aliphatic carbocycles. The summed E-state index contributed by atoms with van der Waals surface area (Å²) in [6, 6.07) is 4.09. The second-order valence-electron chi connectivity index (χ2n) is 5.04. The van der Waals surface area contributed by atoms with Crippen LogP contribution < -0.4 is 15.2 Å². The van der Waals surface area contributed by atoms with E-state index in [-0.39, 0.29) is 5.41 Å². The van der Waals surface area contributed by atoms with Gasteiger partial charge in [-0.05, 0) is 31.0 Å². The van der Waals surface area contributed by atoms with Crippen LogP contribution in [0.4, 0.5) is 0 Å². The first kappa shape index (κ1) is 14.8. The van der Waals surface area contributed by atoms with Crippen LogP contribution in [0.2, 0.25) is 0 Å². The third-order valence-electron chi connectivity index (χ3n) is 3.62. The lowest BCUT2D eigenvalue weighted by Crippen LogP contribution is -2.32. The van der Waals surface area contributed by atoms with E-state index < -0.39 is 0 Å². The minimum absolute atomic E-state index is 0.0684. The van der Waals surface area contributed by atoms with Gasteiger partial charge in [0.05, 0.1) is 14.2 Å². The van der Waals surface area contributed by atoms with Crippen molar-refractivity contribution in [2.75, 3.05) is 20.8 Å². The molecular formula is C15H25NO2. The minimum Gasteiger partial charge on any atom is -0.496 e. The standard InChI is InChI=1S/C15H25NO2/c1-6-7-15(3,10-16)12-9-13(17-4)11(2)8-14(12)18-5/h8-9H,6-7,10,16H2,1-5H3. The van der Waals surface area contributed by atoms with Gasteiger partial charge in [0.15, 0.2) is 0 Å². The molecule has 0 bridgehead atoms. The van der Waals surface area contributed by atoms with Gasteiger partial charge < -0.3 is 15.2 Å². The van der Waals surface area contributed by atoms with Crippen molar-refractivity contribution in [1.29, 1.82) is 0 Å². The maximum absolute atomic E-state index is 5.98. The van der Waals surface area contributed by atoms with E-state index in [1.54, 1.807) is 14.2 Å². The Bertz CT molecular complexity index is 404. The first-order chi connectivity index (χ1) is 8.52. The average molecular weight is 251 g/mol. The molecule has 1 unspecified atom stereocenters. The fraction of sp³-hybridized carbons (Fsp3) is 0.600. The Hall–Kier alpha value is -1.22. The zero-order valence-electron chi connectivity index (χ0n) is 12.2. The second-order valence-corrected chi connectivity index (χ2v) is 5.04. The van der Waals surface area contributed by atoms with Crippen LogP contribution >= 0.6 is 0 Å². The average Bonchev–Trinajstić information content (AvgIpc) is 2.38. The summed E-state index contributed by atoms with van der Waals surface area (Å²) in [4.78, 5) is 0. The van der Waals surface area contributed by atoms with Crippen LogP contribution in [0.25, 0.3) is 0 Å². The highest BCUT2D eigenvalue weighted by atomic mass is 16.5. The van der Waals surface area contributed by atoms with Crippen LogP contribution in [0.5, 0.6) is 11.5 Å². The van der Waals surface area contributed by atoms with Crippen LogP contribution in [0.3, 0.4) is 0 Å². The molecular weight excluding hydrogens is 226 g/mol. The molecule has 0 aromatic heterocycles. The molecule has 1 aromatic rings. The first-order valence-corrected chi connectivity index (χ1v) is 6.45. The number of hydrogen-bond acceptors (Lipinski definition) is 3. The third-order valence-corrected chi connectivity index (χ3v) is 3.62. The lowest BCUT2D eigenvalue weighted by Gasteiger charge is -2.30. The Morgan fingerprint density at radius 2 is 1.78 bits per heavy atom. The van der Waals surface area contributed by atoms with Gasteiger partial charge in [0.1, 0.15) is 11.5 Å².